The Morgan fingerprint density at radius 1 is 1.12 bits per heavy atom. The number of hydrogen-bond donors (Lipinski definition) is 0. The van der Waals surface area contributed by atoms with Crippen LogP contribution in [0.2, 0.25) is 0 Å². The molecule has 1 aromatic heterocycles. The van der Waals surface area contributed by atoms with Crippen molar-refractivity contribution >= 4 is 17.9 Å². The normalized spacial score (nSPS) is 19.6. The third-order valence-corrected chi connectivity index (χ3v) is 5.01. The van der Waals surface area contributed by atoms with E-state index < -0.39 is 0 Å². The Kier molecular flexibility index (Phi) is 5.54. The van der Waals surface area contributed by atoms with Gasteiger partial charge in [0.15, 0.2) is 0 Å². The van der Waals surface area contributed by atoms with Gasteiger partial charge in [-0.2, -0.15) is 5.26 Å². The van der Waals surface area contributed by atoms with Crippen LogP contribution < -0.4 is 0 Å². The van der Waals surface area contributed by atoms with Crippen molar-refractivity contribution in [3.63, 3.8) is 0 Å². The minimum atomic E-state index is -0.302. The number of amides is 2. The zero-order chi connectivity index (χ0) is 17.6. The highest BCUT2D eigenvalue weighted by atomic mass is 16.3. The molecule has 1 saturated carbocycles. The molecule has 3 rings (SSSR count). The number of carbonyl (C=O) groups is 2. The predicted octanol–water partition coefficient (Wildman–Crippen LogP) is 2.44. The number of rotatable bonds is 3. The van der Waals surface area contributed by atoms with E-state index in [9.17, 15) is 14.9 Å². The van der Waals surface area contributed by atoms with Crippen LogP contribution in [0.25, 0.3) is 6.08 Å². The van der Waals surface area contributed by atoms with Crippen LogP contribution in [0.15, 0.2) is 28.4 Å². The molecule has 2 heterocycles. The third-order valence-electron chi connectivity index (χ3n) is 5.01. The van der Waals surface area contributed by atoms with Crippen LogP contribution in [-0.4, -0.2) is 47.8 Å². The largest absolute Gasteiger partial charge is 0.465 e. The van der Waals surface area contributed by atoms with Gasteiger partial charge in [-0.05, 0) is 25.0 Å². The van der Waals surface area contributed by atoms with Gasteiger partial charge in [0.05, 0.1) is 6.26 Å². The lowest BCUT2D eigenvalue weighted by Gasteiger charge is -2.37. The smallest absolute Gasteiger partial charge is 0.264 e. The molecule has 0 N–H and O–H groups in total. The number of hydrogen-bond acceptors (Lipinski definition) is 4. The molecule has 6 heteroatoms. The Morgan fingerprint density at radius 3 is 2.40 bits per heavy atom. The molecule has 0 radical (unpaired) electrons. The summed E-state index contributed by atoms with van der Waals surface area (Å²) in [7, 11) is 0. The summed E-state index contributed by atoms with van der Waals surface area (Å²) >= 11 is 0. The third kappa shape index (κ3) is 4.11. The molecule has 1 aromatic rings. The molecule has 6 nitrogen and oxygen atoms in total. The SMILES string of the molecule is N#C/C(=C\c1ccco1)C(=O)N1CCN(C(=O)C2CCCCC2)CC1. The Labute approximate surface area is 147 Å². The maximum atomic E-state index is 12.6. The fraction of sp³-hybridized carbons (Fsp3) is 0.526. The van der Waals surface area contributed by atoms with Gasteiger partial charge in [-0.3, -0.25) is 9.59 Å². The van der Waals surface area contributed by atoms with Crippen LogP contribution >= 0.6 is 0 Å². The lowest BCUT2D eigenvalue weighted by Crippen LogP contribution is -2.52. The number of piperazine rings is 1. The van der Waals surface area contributed by atoms with Crippen LogP contribution in [0.1, 0.15) is 37.9 Å². The van der Waals surface area contributed by atoms with Gasteiger partial charge in [0.1, 0.15) is 17.4 Å². The summed E-state index contributed by atoms with van der Waals surface area (Å²) in [6.07, 6.45) is 8.44. The average molecular weight is 341 g/mol. The maximum absolute atomic E-state index is 12.6. The van der Waals surface area contributed by atoms with Crippen molar-refractivity contribution in [2.75, 3.05) is 26.2 Å². The summed E-state index contributed by atoms with van der Waals surface area (Å²) in [5.74, 6) is 0.572. The van der Waals surface area contributed by atoms with Crippen molar-refractivity contribution in [3.8, 4) is 6.07 Å². The van der Waals surface area contributed by atoms with Gasteiger partial charge in [-0.1, -0.05) is 19.3 Å². The van der Waals surface area contributed by atoms with Crippen LogP contribution in [0.3, 0.4) is 0 Å². The van der Waals surface area contributed by atoms with Crippen molar-refractivity contribution in [2.45, 2.75) is 32.1 Å². The maximum Gasteiger partial charge on any atom is 0.264 e. The summed E-state index contributed by atoms with van der Waals surface area (Å²) < 4.78 is 5.17. The Bertz CT molecular complexity index is 673. The van der Waals surface area contributed by atoms with Gasteiger partial charge in [-0.15, -0.1) is 0 Å². The molecule has 1 aliphatic heterocycles. The highest BCUT2D eigenvalue weighted by Gasteiger charge is 2.30. The Balaban J connectivity index is 1.57. The quantitative estimate of drug-likeness (QED) is 0.625. The molecule has 2 amide bonds. The lowest BCUT2D eigenvalue weighted by atomic mass is 9.88. The van der Waals surface area contributed by atoms with Crippen LogP contribution in [0.5, 0.6) is 0 Å². The molecule has 0 spiro atoms. The van der Waals surface area contributed by atoms with Crippen molar-refractivity contribution in [3.05, 3.63) is 29.7 Å². The van der Waals surface area contributed by atoms with Crippen molar-refractivity contribution in [1.82, 2.24) is 9.80 Å². The molecular weight excluding hydrogens is 318 g/mol. The molecule has 2 aliphatic rings. The molecule has 0 bridgehead atoms. The van der Waals surface area contributed by atoms with Crippen molar-refractivity contribution < 1.29 is 14.0 Å². The summed E-state index contributed by atoms with van der Waals surface area (Å²) in [5.41, 5.74) is 0.0574. The molecule has 0 atom stereocenters. The Morgan fingerprint density at radius 2 is 1.80 bits per heavy atom. The average Bonchev–Trinajstić information content (AvgIpc) is 3.19. The highest BCUT2D eigenvalue weighted by Crippen LogP contribution is 2.26. The van der Waals surface area contributed by atoms with E-state index in [1.807, 2.05) is 11.0 Å². The molecule has 0 aromatic carbocycles. The van der Waals surface area contributed by atoms with Gasteiger partial charge in [-0.25, -0.2) is 0 Å². The molecule has 1 aliphatic carbocycles. The topological polar surface area (TPSA) is 77.6 Å². The zero-order valence-corrected chi connectivity index (χ0v) is 14.3. The summed E-state index contributed by atoms with van der Waals surface area (Å²) in [6, 6.07) is 5.36. The van der Waals surface area contributed by atoms with E-state index in [4.69, 9.17) is 4.42 Å². The van der Waals surface area contributed by atoms with E-state index in [1.165, 1.54) is 18.8 Å². The number of furan rings is 1. The molecule has 1 saturated heterocycles. The lowest BCUT2D eigenvalue weighted by molar-refractivity contribution is -0.141. The van der Waals surface area contributed by atoms with E-state index >= 15 is 0 Å². The summed E-state index contributed by atoms with van der Waals surface area (Å²) in [4.78, 5) is 28.6. The molecule has 132 valence electrons. The second kappa shape index (κ2) is 8.02. The minimum absolute atomic E-state index is 0.0574. The van der Waals surface area contributed by atoms with Crippen LogP contribution in [-0.2, 0) is 9.59 Å². The number of nitrogens with zero attached hydrogens (tertiary/aromatic N) is 3. The second-order valence-corrected chi connectivity index (χ2v) is 6.64. The molecule has 25 heavy (non-hydrogen) atoms. The van der Waals surface area contributed by atoms with Gasteiger partial charge in [0, 0.05) is 38.2 Å². The first-order valence-corrected chi connectivity index (χ1v) is 8.92. The summed E-state index contributed by atoms with van der Waals surface area (Å²) in [5, 5.41) is 9.26. The monoisotopic (exact) mass is 341 g/mol. The number of nitriles is 1. The zero-order valence-electron chi connectivity index (χ0n) is 14.3. The van der Waals surface area contributed by atoms with E-state index in [-0.39, 0.29) is 23.3 Å². The molecule has 2 fully saturated rings. The highest BCUT2D eigenvalue weighted by molar-refractivity contribution is 6.01. The van der Waals surface area contributed by atoms with E-state index in [0.29, 0.717) is 31.9 Å². The fourth-order valence-corrected chi connectivity index (χ4v) is 3.57. The first kappa shape index (κ1) is 17.3. The molecular formula is C19H23N3O3. The van der Waals surface area contributed by atoms with Crippen LogP contribution in [0.4, 0.5) is 0 Å². The van der Waals surface area contributed by atoms with Gasteiger partial charge >= 0.3 is 0 Å². The van der Waals surface area contributed by atoms with Crippen molar-refractivity contribution in [1.29, 1.82) is 5.26 Å². The first-order chi connectivity index (χ1) is 12.2. The second-order valence-electron chi connectivity index (χ2n) is 6.64. The van der Waals surface area contributed by atoms with E-state index in [1.54, 1.807) is 17.0 Å². The van der Waals surface area contributed by atoms with Crippen molar-refractivity contribution in [2.24, 2.45) is 5.92 Å². The first-order valence-electron chi connectivity index (χ1n) is 8.92. The fourth-order valence-electron chi connectivity index (χ4n) is 3.57. The summed E-state index contributed by atoms with van der Waals surface area (Å²) in [6.45, 7) is 2.02. The van der Waals surface area contributed by atoms with Gasteiger partial charge in [0.25, 0.3) is 5.91 Å². The molecule has 0 unspecified atom stereocenters. The van der Waals surface area contributed by atoms with E-state index in [0.717, 1.165) is 25.7 Å². The standard InChI is InChI=1S/C19H23N3O3/c20-14-16(13-17-7-4-12-25-17)19(24)22-10-8-21(9-11-22)18(23)15-5-2-1-3-6-15/h4,7,12-13,15H,1-3,5-6,8-11H2/b16-13+. The Hall–Kier alpha value is -2.55. The van der Waals surface area contributed by atoms with Gasteiger partial charge in [0.2, 0.25) is 5.91 Å². The van der Waals surface area contributed by atoms with E-state index in [2.05, 4.69) is 0 Å². The minimum Gasteiger partial charge on any atom is -0.465 e. The number of carbonyl (C=O) groups excluding carboxylic acids is 2. The van der Waals surface area contributed by atoms with Crippen LogP contribution in [0, 0.1) is 17.2 Å². The predicted molar refractivity (Wildman–Crippen MR) is 92.0 cm³/mol. The van der Waals surface area contributed by atoms with Gasteiger partial charge < -0.3 is 14.2 Å².